The van der Waals surface area contributed by atoms with Crippen LogP contribution in [0.1, 0.15) is 64.4 Å². The van der Waals surface area contributed by atoms with E-state index < -0.39 is 0 Å². The van der Waals surface area contributed by atoms with Crippen molar-refractivity contribution in [2.24, 2.45) is 0 Å². The molecule has 0 radical (unpaired) electrons. The van der Waals surface area contributed by atoms with E-state index in [9.17, 15) is 9.59 Å². The SMILES string of the molecule is CC(C)N(CCNC(=O)CNC(=O)c1ccc(C(C)(C)C)cc1)C(C)C. The molecule has 2 amide bonds. The van der Waals surface area contributed by atoms with Crippen molar-refractivity contribution in [3.8, 4) is 0 Å². The van der Waals surface area contributed by atoms with Crippen LogP contribution in [0.4, 0.5) is 0 Å². The van der Waals surface area contributed by atoms with Crippen LogP contribution >= 0.6 is 0 Å². The molecule has 0 spiro atoms. The van der Waals surface area contributed by atoms with Crippen molar-refractivity contribution >= 4 is 11.8 Å². The highest BCUT2D eigenvalue weighted by atomic mass is 16.2. The van der Waals surface area contributed by atoms with Crippen LogP contribution < -0.4 is 10.6 Å². The average Bonchev–Trinajstić information content (AvgIpc) is 2.55. The fourth-order valence-electron chi connectivity index (χ4n) is 2.88. The second-order valence-corrected chi connectivity index (χ2v) is 8.29. The molecular weight excluding hydrogens is 326 g/mol. The van der Waals surface area contributed by atoms with E-state index in [1.54, 1.807) is 12.1 Å². The number of carbonyl (C=O) groups is 2. The largest absolute Gasteiger partial charge is 0.353 e. The van der Waals surface area contributed by atoms with Crippen LogP contribution in [-0.4, -0.2) is 48.4 Å². The van der Waals surface area contributed by atoms with Crippen molar-refractivity contribution in [2.45, 2.75) is 66.0 Å². The van der Waals surface area contributed by atoms with Gasteiger partial charge in [-0.3, -0.25) is 14.5 Å². The van der Waals surface area contributed by atoms with Crippen LogP contribution in [0, 0.1) is 0 Å². The Morgan fingerprint density at radius 3 is 1.96 bits per heavy atom. The van der Waals surface area contributed by atoms with E-state index in [4.69, 9.17) is 0 Å². The molecule has 5 heteroatoms. The van der Waals surface area contributed by atoms with Crippen LogP contribution in [-0.2, 0) is 10.2 Å². The Balaban J connectivity index is 2.41. The number of hydrogen-bond donors (Lipinski definition) is 2. The first kappa shape index (κ1) is 22.2. The lowest BCUT2D eigenvalue weighted by Crippen LogP contribution is -2.44. The fraction of sp³-hybridized carbons (Fsp3) is 0.619. The van der Waals surface area contributed by atoms with E-state index in [2.05, 4.69) is 64.0 Å². The van der Waals surface area contributed by atoms with E-state index in [1.807, 2.05) is 12.1 Å². The molecule has 0 unspecified atom stereocenters. The molecule has 1 rings (SSSR count). The number of amides is 2. The summed E-state index contributed by atoms with van der Waals surface area (Å²) in [5, 5.41) is 5.54. The molecule has 26 heavy (non-hydrogen) atoms. The van der Waals surface area contributed by atoms with Crippen molar-refractivity contribution in [3.63, 3.8) is 0 Å². The predicted molar refractivity (Wildman–Crippen MR) is 107 cm³/mol. The van der Waals surface area contributed by atoms with Gasteiger partial charge in [0.25, 0.3) is 5.91 Å². The van der Waals surface area contributed by atoms with Crippen molar-refractivity contribution < 1.29 is 9.59 Å². The van der Waals surface area contributed by atoms with Gasteiger partial charge >= 0.3 is 0 Å². The third-order valence-corrected chi connectivity index (χ3v) is 4.44. The molecule has 0 fully saturated rings. The Morgan fingerprint density at radius 1 is 0.962 bits per heavy atom. The molecule has 5 nitrogen and oxygen atoms in total. The monoisotopic (exact) mass is 361 g/mol. The highest BCUT2D eigenvalue weighted by Crippen LogP contribution is 2.22. The molecule has 1 aromatic rings. The summed E-state index contributed by atoms with van der Waals surface area (Å²) in [6.07, 6.45) is 0. The van der Waals surface area contributed by atoms with Gasteiger partial charge in [-0.15, -0.1) is 0 Å². The Morgan fingerprint density at radius 2 is 1.50 bits per heavy atom. The minimum absolute atomic E-state index is 0.0107. The zero-order chi connectivity index (χ0) is 19.9. The van der Waals surface area contributed by atoms with Crippen molar-refractivity contribution in [1.82, 2.24) is 15.5 Å². The quantitative estimate of drug-likeness (QED) is 0.748. The van der Waals surface area contributed by atoms with Gasteiger partial charge in [-0.05, 0) is 50.8 Å². The molecule has 0 aromatic heterocycles. The first-order valence-electron chi connectivity index (χ1n) is 9.43. The predicted octanol–water partition coefficient (Wildman–Crippen LogP) is 2.95. The van der Waals surface area contributed by atoms with Gasteiger partial charge in [0.15, 0.2) is 0 Å². The van der Waals surface area contributed by atoms with Gasteiger partial charge in [0.1, 0.15) is 0 Å². The van der Waals surface area contributed by atoms with Crippen LogP contribution in [0.2, 0.25) is 0 Å². The Labute approximate surface area is 158 Å². The molecular formula is C21H35N3O2. The lowest BCUT2D eigenvalue weighted by molar-refractivity contribution is -0.120. The number of rotatable bonds is 8. The molecule has 0 saturated carbocycles. The summed E-state index contributed by atoms with van der Waals surface area (Å²) in [7, 11) is 0. The van der Waals surface area contributed by atoms with Gasteiger partial charge in [-0.25, -0.2) is 0 Å². The molecule has 146 valence electrons. The van der Waals surface area contributed by atoms with Crippen molar-refractivity contribution in [2.75, 3.05) is 19.6 Å². The summed E-state index contributed by atoms with van der Waals surface area (Å²) in [5.74, 6) is -0.399. The van der Waals surface area contributed by atoms with E-state index >= 15 is 0 Å². The Hall–Kier alpha value is -1.88. The van der Waals surface area contributed by atoms with E-state index in [1.165, 1.54) is 5.56 Å². The number of benzene rings is 1. The van der Waals surface area contributed by atoms with Crippen LogP contribution in [0.3, 0.4) is 0 Å². The zero-order valence-corrected chi connectivity index (χ0v) is 17.3. The Bertz CT molecular complexity index is 578. The van der Waals surface area contributed by atoms with Gasteiger partial charge in [0, 0.05) is 30.7 Å². The summed E-state index contributed by atoms with van der Waals surface area (Å²) in [6.45, 7) is 16.3. The lowest BCUT2D eigenvalue weighted by atomic mass is 9.87. The molecule has 0 aliphatic rings. The van der Waals surface area contributed by atoms with E-state index in [-0.39, 0.29) is 23.8 Å². The number of hydrogen-bond acceptors (Lipinski definition) is 3. The first-order chi connectivity index (χ1) is 12.0. The highest BCUT2D eigenvalue weighted by molar-refractivity contribution is 5.96. The average molecular weight is 362 g/mol. The summed E-state index contributed by atoms with van der Waals surface area (Å²) in [4.78, 5) is 26.4. The number of nitrogens with one attached hydrogen (secondary N) is 2. The Kier molecular flexibility index (Phi) is 8.28. The van der Waals surface area contributed by atoms with E-state index in [0.29, 0.717) is 24.2 Å². The number of carbonyl (C=O) groups excluding carboxylic acids is 2. The minimum atomic E-state index is -0.230. The molecule has 0 aliphatic heterocycles. The highest BCUT2D eigenvalue weighted by Gasteiger charge is 2.15. The summed E-state index contributed by atoms with van der Waals surface area (Å²) < 4.78 is 0. The van der Waals surface area contributed by atoms with Crippen LogP contribution in [0.5, 0.6) is 0 Å². The third-order valence-electron chi connectivity index (χ3n) is 4.44. The van der Waals surface area contributed by atoms with E-state index in [0.717, 1.165) is 6.54 Å². The summed E-state index contributed by atoms with van der Waals surface area (Å²) in [6, 6.07) is 8.39. The summed E-state index contributed by atoms with van der Waals surface area (Å²) >= 11 is 0. The third kappa shape index (κ3) is 7.16. The van der Waals surface area contributed by atoms with Gasteiger partial charge in [-0.2, -0.15) is 0 Å². The summed E-state index contributed by atoms with van der Waals surface area (Å²) in [5.41, 5.74) is 1.79. The first-order valence-corrected chi connectivity index (χ1v) is 9.43. The number of nitrogens with zero attached hydrogens (tertiary/aromatic N) is 1. The minimum Gasteiger partial charge on any atom is -0.353 e. The smallest absolute Gasteiger partial charge is 0.251 e. The maximum atomic E-state index is 12.2. The molecule has 2 N–H and O–H groups in total. The molecule has 0 aliphatic carbocycles. The van der Waals surface area contributed by atoms with Gasteiger partial charge < -0.3 is 10.6 Å². The van der Waals surface area contributed by atoms with Gasteiger partial charge in [0.05, 0.1) is 6.54 Å². The molecule has 1 aromatic carbocycles. The van der Waals surface area contributed by atoms with Crippen LogP contribution in [0.15, 0.2) is 24.3 Å². The molecule has 0 saturated heterocycles. The van der Waals surface area contributed by atoms with Crippen molar-refractivity contribution in [3.05, 3.63) is 35.4 Å². The maximum absolute atomic E-state index is 12.2. The maximum Gasteiger partial charge on any atom is 0.251 e. The topological polar surface area (TPSA) is 61.4 Å². The fourth-order valence-corrected chi connectivity index (χ4v) is 2.88. The van der Waals surface area contributed by atoms with Gasteiger partial charge in [-0.1, -0.05) is 32.9 Å². The van der Waals surface area contributed by atoms with Crippen LogP contribution in [0.25, 0.3) is 0 Å². The molecule has 0 atom stereocenters. The second kappa shape index (κ2) is 9.72. The second-order valence-electron chi connectivity index (χ2n) is 8.29. The zero-order valence-electron chi connectivity index (χ0n) is 17.3. The molecule has 0 bridgehead atoms. The lowest BCUT2D eigenvalue weighted by Gasteiger charge is -2.30. The standard InChI is InChI=1S/C21H35N3O2/c1-15(2)24(16(3)4)13-12-22-19(25)14-23-20(26)17-8-10-18(11-9-17)21(5,6)7/h8-11,15-16H,12-14H2,1-7H3,(H,22,25)(H,23,26). The molecule has 0 heterocycles. The van der Waals surface area contributed by atoms with Gasteiger partial charge in [0.2, 0.25) is 5.91 Å². The van der Waals surface area contributed by atoms with Crippen molar-refractivity contribution in [1.29, 1.82) is 0 Å². The normalized spacial score (nSPS) is 11.9.